The summed E-state index contributed by atoms with van der Waals surface area (Å²) in [6.07, 6.45) is 3.17. The van der Waals surface area contributed by atoms with E-state index >= 15 is 0 Å². The van der Waals surface area contributed by atoms with Crippen LogP contribution in [0.5, 0.6) is 0 Å². The first-order valence-corrected chi connectivity index (χ1v) is 7.85. The Bertz CT molecular complexity index is 682. The number of carbonyl (C=O) groups is 1. The number of likely N-dealkylation sites (tertiary alicyclic amines) is 1. The quantitative estimate of drug-likeness (QED) is 0.947. The van der Waals surface area contributed by atoms with Crippen LogP contribution in [0.2, 0.25) is 0 Å². The third kappa shape index (κ3) is 3.04. The van der Waals surface area contributed by atoms with Gasteiger partial charge in [0.2, 0.25) is 5.95 Å². The van der Waals surface area contributed by atoms with Crippen LogP contribution in [-0.2, 0) is 0 Å². The van der Waals surface area contributed by atoms with Gasteiger partial charge in [-0.3, -0.25) is 4.79 Å². The van der Waals surface area contributed by atoms with Gasteiger partial charge in [0, 0.05) is 38.4 Å². The van der Waals surface area contributed by atoms with Crippen molar-refractivity contribution >= 4 is 11.9 Å². The van der Waals surface area contributed by atoms with Crippen molar-refractivity contribution in [3.63, 3.8) is 0 Å². The van der Waals surface area contributed by atoms with Gasteiger partial charge in [-0.2, -0.15) is 0 Å². The van der Waals surface area contributed by atoms with Gasteiger partial charge in [0.1, 0.15) is 0 Å². The summed E-state index contributed by atoms with van der Waals surface area (Å²) in [5, 5.41) is 2.86. The molecule has 1 fully saturated rings. The fourth-order valence-electron chi connectivity index (χ4n) is 3.28. The molecule has 0 bridgehead atoms. The van der Waals surface area contributed by atoms with Crippen molar-refractivity contribution in [3.8, 4) is 0 Å². The zero-order valence-corrected chi connectivity index (χ0v) is 13.8. The van der Waals surface area contributed by atoms with Crippen molar-refractivity contribution in [1.29, 1.82) is 0 Å². The summed E-state index contributed by atoms with van der Waals surface area (Å²) in [5.74, 6) is 0.856. The lowest BCUT2D eigenvalue weighted by Crippen LogP contribution is -2.30. The van der Waals surface area contributed by atoms with Crippen molar-refractivity contribution < 1.29 is 4.79 Å². The van der Waals surface area contributed by atoms with E-state index in [1.807, 2.05) is 11.0 Å². The Kier molecular flexibility index (Phi) is 4.03. The van der Waals surface area contributed by atoms with E-state index in [2.05, 4.69) is 53.4 Å². The lowest BCUT2D eigenvalue weighted by atomic mass is 9.78. The third-order valence-corrected chi connectivity index (χ3v) is 4.56. The van der Waals surface area contributed by atoms with E-state index in [0.29, 0.717) is 17.4 Å². The van der Waals surface area contributed by atoms with Crippen LogP contribution in [-0.4, -0.2) is 40.9 Å². The van der Waals surface area contributed by atoms with Gasteiger partial charge >= 0.3 is 0 Å². The van der Waals surface area contributed by atoms with Gasteiger partial charge in [-0.25, -0.2) is 9.97 Å². The molecule has 23 heavy (non-hydrogen) atoms. The smallest absolute Gasteiger partial charge is 0.257 e. The zero-order valence-electron chi connectivity index (χ0n) is 13.8. The first kappa shape index (κ1) is 15.5. The summed E-state index contributed by atoms with van der Waals surface area (Å²) in [6, 6.07) is 10.4. The molecule has 1 aromatic carbocycles. The van der Waals surface area contributed by atoms with Gasteiger partial charge in [0.05, 0.1) is 5.56 Å². The Labute approximate surface area is 136 Å². The maximum atomic E-state index is 12.7. The molecule has 5 nitrogen and oxygen atoms in total. The van der Waals surface area contributed by atoms with Gasteiger partial charge in [-0.05, 0) is 11.0 Å². The number of nitrogens with one attached hydrogen (secondary N) is 1. The lowest BCUT2D eigenvalue weighted by molar-refractivity contribution is 0.0777. The molecule has 0 saturated carbocycles. The molecule has 120 valence electrons. The monoisotopic (exact) mass is 310 g/mol. The van der Waals surface area contributed by atoms with E-state index < -0.39 is 0 Å². The van der Waals surface area contributed by atoms with Crippen LogP contribution in [0.15, 0.2) is 42.7 Å². The van der Waals surface area contributed by atoms with Crippen molar-refractivity contribution in [2.24, 2.45) is 5.41 Å². The highest BCUT2D eigenvalue weighted by molar-refractivity contribution is 5.94. The Morgan fingerprint density at radius 3 is 2.48 bits per heavy atom. The average molecular weight is 310 g/mol. The summed E-state index contributed by atoms with van der Waals surface area (Å²) in [6.45, 7) is 5.90. The average Bonchev–Trinajstić information content (AvgIpc) is 2.90. The van der Waals surface area contributed by atoms with Crippen molar-refractivity contribution in [3.05, 3.63) is 53.9 Å². The minimum Gasteiger partial charge on any atom is -0.357 e. The molecule has 1 aliphatic rings. The van der Waals surface area contributed by atoms with Crippen LogP contribution < -0.4 is 5.32 Å². The van der Waals surface area contributed by atoms with Crippen molar-refractivity contribution in [2.45, 2.75) is 19.8 Å². The molecule has 5 heteroatoms. The number of carbonyl (C=O) groups excluding carboxylic acids is 1. The van der Waals surface area contributed by atoms with Crippen molar-refractivity contribution in [2.75, 3.05) is 25.5 Å². The van der Waals surface area contributed by atoms with E-state index in [0.717, 1.165) is 13.1 Å². The Morgan fingerprint density at radius 1 is 1.22 bits per heavy atom. The molecule has 0 radical (unpaired) electrons. The van der Waals surface area contributed by atoms with E-state index in [-0.39, 0.29) is 11.3 Å². The minimum absolute atomic E-state index is 0.000779. The van der Waals surface area contributed by atoms with E-state index in [1.165, 1.54) is 5.56 Å². The normalized spacial score (nSPS) is 19.6. The largest absolute Gasteiger partial charge is 0.357 e. The predicted octanol–water partition coefficient (Wildman–Crippen LogP) is 2.78. The molecular formula is C18H22N4O. The molecule has 0 spiro atoms. The second-order valence-electron chi connectivity index (χ2n) is 6.68. The number of amides is 1. The second kappa shape index (κ2) is 5.99. The second-order valence-corrected chi connectivity index (χ2v) is 6.68. The molecule has 1 aliphatic heterocycles. The molecule has 1 amide bonds. The van der Waals surface area contributed by atoms with E-state index in [4.69, 9.17) is 0 Å². The SMILES string of the molecule is CNc1ncc(C(=O)N2C[C@H](c3ccccc3)C(C)(C)C2)cn1. The molecule has 2 aromatic rings. The number of aromatic nitrogens is 2. The molecule has 3 rings (SSSR count). The number of benzene rings is 1. The molecular weight excluding hydrogens is 288 g/mol. The molecule has 2 heterocycles. The summed E-state index contributed by atoms with van der Waals surface area (Å²) < 4.78 is 0. The molecule has 1 atom stereocenters. The lowest BCUT2D eigenvalue weighted by Gasteiger charge is -2.25. The fraction of sp³-hybridized carbons (Fsp3) is 0.389. The zero-order chi connectivity index (χ0) is 16.4. The fourth-order valence-corrected chi connectivity index (χ4v) is 3.28. The highest BCUT2D eigenvalue weighted by atomic mass is 16.2. The van der Waals surface area contributed by atoms with Gasteiger partial charge in [-0.15, -0.1) is 0 Å². The standard InChI is InChI=1S/C18H22N4O/c1-18(2)12-22(11-15(18)13-7-5-4-6-8-13)16(23)14-9-20-17(19-3)21-10-14/h4-10,15H,11-12H2,1-3H3,(H,19,20,21)/t15-/m1/s1. The van der Waals surface area contributed by atoms with Gasteiger partial charge in [0.25, 0.3) is 5.91 Å². The molecule has 0 aliphatic carbocycles. The Balaban J connectivity index is 1.80. The van der Waals surface area contributed by atoms with Crippen LogP contribution in [0.1, 0.15) is 35.7 Å². The number of nitrogens with zero attached hydrogens (tertiary/aromatic N) is 3. The minimum atomic E-state index is -0.000779. The number of rotatable bonds is 3. The maximum absolute atomic E-state index is 12.7. The molecule has 1 saturated heterocycles. The van der Waals surface area contributed by atoms with Crippen molar-refractivity contribution in [1.82, 2.24) is 14.9 Å². The van der Waals surface area contributed by atoms with Gasteiger partial charge in [0.15, 0.2) is 0 Å². The first-order valence-electron chi connectivity index (χ1n) is 7.85. The Hall–Kier alpha value is -2.43. The molecule has 1 aromatic heterocycles. The van der Waals surface area contributed by atoms with Crippen LogP contribution in [0, 0.1) is 5.41 Å². The highest BCUT2D eigenvalue weighted by Gasteiger charge is 2.42. The molecule has 0 unspecified atom stereocenters. The van der Waals surface area contributed by atoms with Crippen LogP contribution in [0.3, 0.4) is 0 Å². The molecule has 1 N–H and O–H groups in total. The summed E-state index contributed by atoms with van der Waals surface area (Å²) >= 11 is 0. The van der Waals surface area contributed by atoms with Crippen LogP contribution >= 0.6 is 0 Å². The predicted molar refractivity (Wildman–Crippen MR) is 90.4 cm³/mol. The maximum Gasteiger partial charge on any atom is 0.257 e. The summed E-state index contributed by atoms with van der Waals surface area (Å²) in [7, 11) is 1.75. The highest BCUT2D eigenvalue weighted by Crippen LogP contribution is 2.42. The number of hydrogen-bond acceptors (Lipinski definition) is 4. The summed E-state index contributed by atoms with van der Waals surface area (Å²) in [5.41, 5.74) is 1.87. The van der Waals surface area contributed by atoms with Gasteiger partial charge < -0.3 is 10.2 Å². The van der Waals surface area contributed by atoms with Crippen LogP contribution in [0.4, 0.5) is 5.95 Å². The number of anilines is 1. The summed E-state index contributed by atoms with van der Waals surface area (Å²) in [4.78, 5) is 22.9. The van der Waals surface area contributed by atoms with E-state index in [1.54, 1.807) is 19.4 Å². The third-order valence-electron chi connectivity index (χ3n) is 4.56. The number of hydrogen-bond donors (Lipinski definition) is 1. The van der Waals surface area contributed by atoms with Crippen LogP contribution in [0.25, 0.3) is 0 Å². The Morgan fingerprint density at radius 2 is 1.87 bits per heavy atom. The van der Waals surface area contributed by atoms with E-state index in [9.17, 15) is 4.79 Å². The van der Waals surface area contributed by atoms with Gasteiger partial charge in [-0.1, -0.05) is 44.2 Å². The topological polar surface area (TPSA) is 58.1 Å². The first-order chi connectivity index (χ1) is 11.0.